The van der Waals surface area contributed by atoms with E-state index in [4.69, 9.17) is 9.84 Å². The summed E-state index contributed by atoms with van der Waals surface area (Å²) >= 11 is 0. The lowest BCUT2D eigenvalue weighted by atomic mass is 10.1. The molecule has 1 aliphatic heterocycles. The zero-order valence-corrected chi connectivity index (χ0v) is 10.9. The van der Waals surface area contributed by atoms with Crippen LogP contribution >= 0.6 is 0 Å². The lowest BCUT2D eigenvalue weighted by Crippen LogP contribution is -2.45. The van der Waals surface area contributed by atoms with Crippen molar-refractivity contribution < 1.29 is 14.8 Å². The fourth-order valence-electron chi connectivity index (χ4n) is 2.37. The molecule has 2 rings (SSSR count). The highest BCUT2D eigenvalue weighted by Crippen LogP contribution is 2.32. The summed E-state index contributed by atoms with van der Waals surface area (Å²) in [6, 6.07) is 5.05. The molecule has 6 nitrogen and oxygen atoms in total. The van der Waals surface area contributed by atoms with Gasteiger partial charge < -0.3 is 14.7 Å². The molecule has 19 heavy (non-hydrogen) atoms. The van der Waals surface area contributed by atoms with E-state index in [-0.39, 0.29) is 18.3 Å². The van der Waals surface area contributed by atoms with Gasteiger partial charge in [0, 0.05) is 12.6 Å². The first-order valence-electron chi connectivity index (χ1n) is 6.40. The molecule has 0 aliphatic carbocycles. The second kappa shape index (κ2) is 5.99. The average Bonchev–Trinajstić information content (AvgIpc) is 2.46. The van der Waals surface area contributed by atoms with Gasteiger partial charge in [0.15, 0.2) is 0 Å². The average molecular weight is 266 g/mol. The smallest absolute Gasteiger partial charge is 0.292 e. The van der Waals surface area contributed by atoms with E-state index < -0.39 is 4.92 Å². The fourth-order valence-corrected chi connectivity index (χ4v) is 2.37. The third-order valence-electron chi connectivity index (χ3n) is 3.43. The van der Waals surface area contributed by atoms with E-state index in [2.05, 4.69) is 0 Å². The number of morpholine rings is 1. The van der Waals surface area contributed by atoms with E-state index in [1.165, 1.54) is 6.07 Å². The van der Waals surface area contributed by atoms with Gasteiger partial charge in [0.1, 0.15) is 5.69 Å². The van der Waals surface area contributed by atoms with Crippen LogP contribution in [0.5, 0.6) is 0 Å². The molecule has 0 spiro atoms. The first-order chi connectivity index (χ1) is 9.17. The van der Waals surface area contributed by atoms with Gasteiger partial charge in [0.2, 0.25) is 0 Å². The Labute approximate surface area is 111 Å². The zero-order chi connectivity index (χ0) is 13.8. The van der Waals surface area contributed by atoms with Crippen LogP contribution < -0.4 is 4.90 Å². The number of nitrogens with zero attached hydrogens (tertiary/aromatic N) is 2. The van der Waals surface area contributed by atoms with Crippen molar-refractivity contribution in [3.8, 4) is 0 Å². The minimum absolute atomic E-state index is 0.0481. The molecule has 0 amide bonds. The first kappa shape index (κ1) is 13.8. The Morgan fingerprint density at radius 2 is 2.37 bits per heavy atom. The van der Waals surface area contributed by atoms with Crippen molar-refractivity contribution in [2.45, 2.75) is 26.0 Å². The highest BCUT2D eigenvalue weighted by Gasteiger charge is 2.27. The zero-order valence-electron chi connectivity index (χ0n) is 10.9. The van der Waals surface area contributed by atoms with Crippen molar-refractivity contribution in [2.75, 3.05) is 24.7 Å². The van der Waals surface area contributed by atoms with Crippen LogP contribution in [0.3, 0.4) is 0 Å². The number of aliphatic hydroxyl groups is 1. The number of benzene rings is 1. The number of nitro groups is 1. The number of rotatable bonds is 4. The van der Waals surface area contributed by atoms with Gasteiger partial charge in [-0.3, -0.25) is 10.1 Å². The fraction of sp³-hybridized carbons (Fsp3) is 0.538. The van der Waals surface area contributed by atoms with Crippen LogP contribution in [0.2, 0.25) is 0 Å². The van der Waals surface area contributed by atoms with Crippen molar-refractivity contribution in [2.24, 2.45) is 0 Å². The number of nitro benzene ring substituents is 1. The van der Waals surface area contributed by atoms with Crippen LogP contribution in [0.4, 0.5) is 11.4 Å². The van der Waals surface area contributed by atoms with Crippen LogP contribution in [0.25, 0.3) is 0 Å². The molecule has 0 bridgehead atoms. The van der Waals surface area contributed by atoms with Gasteiger partial charge in [-0.15, -0.1) is 0 Å². The number of hydrogen-bond acceptors (Lipinski definition) is 5. The number of hydrogen-bond donors (Lipinski definition) is 1. The third kappa shape index (κ3) is 2.85. The minimum Gasteiger partial charge on any atom is -0.392 e. The molecule has 0 aromatic heterocycles. The Kier molecular flexibility index (Phi) is 4.34. The second-order valence-electron chi connectivity index (χ2n) is 4.57. The monoisotopic (exact) mass is 266 g/mol. The Balaban J connectivity index is 2.39. The maximum Gasteiger partial charge on any atom is 0.292 e. The van der Waals surface area contributed by atoms with Crippen molar-refractivity contribution in [3.05, 3.63) is 33.9 Å². The maximum atomic E-state index is 11.2. The summed E-state index contributed by atoms with van der Waals surface area (Å²) in [6.07, 6.45) is 0.874. The van der Waals surface area contributed by atoms with Crippen LogP contribution in [0.1, 0.15) is 18.9 Å². The van der Waals surface area contributed by atoms with E-state index in [1.54, 1.807) is 12.1 Å². The quantitative estimate of drug-likeness (QED) is 0.663. The van der Waals surface area contributed by atoms with Gasteiger partial charge in [-0.2, -0.15) is 0 Å². The molecule has 1 N–H and O–H groups in total. The Morgan fingerprint density at radius 1 is 1.58 bits per heavy atom. The summed E-state index contributed by atoms with van der Waals surface area (Å²) in [4.78, 5) is 12.8. The standard InChI is InChI=1S/C13H18N2O4/c1-2-11-9-19-6-5-14(11)12-4-3-10(8-16)7-13(12)15(17)18/h3-4,7,11,16H,2,5-6,8-9H2,1H3. The highest BCUT2D eigenvalue weighted by molar-refractivity contribution is 5.65. The molecule has 1 heterocycles. The summed E-state index contributed by atoms with van der Waals surface area (Å²) in [5.74, 6) is 0. The molecular weight excluding hydrogens is 248 g/mol. The molecule has 1 fully saturated rings. The lowest BCUT2D eigenvalue weighted by molar-refractivity contribution is -0.384. The summed E-state index contributed by atoms with van der Waals surface area (Å²) in [5.41, 5.74) is 1.21. The van der Waals surface area contributed by atoms with Crippen molar-refractivity contribution >= 4 is 11.4 Å². The van der Waals surface area contributed by atoms with Gasteiger partial charge in [-0.1, -0.05) is 13.0 Å². The summed E-state index contributed by atoms with van der Waals surface area (Å²) in [6.45, 7) is 3.67. The van der Waals surface area contributed by atoms with Crippen molar-refractivity contribution in [1.82, 2.24) is 0 Å². The number of aliphatic hydroxyl groups excluding tert-OH is 1. The van der Waals surface area contributed by atoms with E-state index in [1.807, 2.05) is 11.8 Å². The lowest BCUT2D eigenvalue weighted by Gasteiger charge is -2.36. The molecule has 1 saturated heterocycles. The maximum absolute atomic E-state index is 11.2. The number of anilines is 1. The van der Waals surface area contributed by atoms with Gasteiger partial charge in [-0.05, 0) is 18.1 Å². The Bertz CT molecular complexity index is 464. The molecule has 0 saturated carbocycles. The number of ether oxygens (including phenoxy) is 1. The molecule has 6 heteroatoms. The normalized spacial score (nSPS) is 19.5. The third-order valence-corrected chi connectivity index (χ3v) is 3.43. The van der Waals surface area contributed by atoms with Crippen LogP contribution in [0.15, 0.2) is 18.2 Å². The largest absolute Gasteiger partial charge is 0.392 e. The predicted octanol–water partition coefficient (Wildman–Crippen LogP) is 1.70. The minimum atomic E-state index is -0.392. The highest BCUT2D eigenvalue weighted by atomic mass is 16.6. The van der Waals surface area contributed by atoms with Gasteiger partial charge >= 0.3 is 0 Å². The second-order valence-corrected chi connectivity index (χ2v) is 4.57. The van der Waals surface area contributed by atoms with Crippen LogP contribution in [-0.2, 0) is 11.3 Å². The molecule has 1 aliphatic rings. The predicted molar refractivity (Wildman–Crippen MR) is 71.3 cm³/mol. The molecular formula is C13H18N2O4. The Morgan fingerprint density at radius 3 is 3.00 bits per heavy atom. The van der Waals surface area contributed by atoms with Gasteiger partial charge in [0.25, 0.3) is 5.69 Å². The van der Waals surface area contributed by atoms with E-state index in [0.29, 0.717) is 31.0 Å². The Hall–Kier alpha value is -1.66. The van der Waals surface area contributed by atoms with Crippen LogP contribution in [0, 0.1) is 10.1 Å². The first-order valence-corrected chi connectivity index (χ1v) is 6.40. The van der Waals surface area contributed by atoms with E-state index in [0.717, 1.165) is 6.42 Å². The molecule has 1 atom stereocenters. The molecule has 1 aromatic rings. The van der Waals surface area contributed by atoms with Crippen LogP contribution in [-0.4, -0.2) is 35.8 Å². The summed E-state index contributed by atoms with van der Waals surface area (Å²) < 4.78 is 5.42. The topological polar surface area (TPSA) is 75.8 Å². The van der Waals surface area contributed by atoms with Gasteiger partial charge in [-0.25, -0.2) is 0 Å². The SMILES string of the molecule is CCC1COCCN1c1ccc(CO)cc1[N+](=O)[O-]. The summed E-state index contributed by atoms with van der Waals surface area (Å²) in [5, 5.41) is 20.3. The van der Waals surface area contributed by atoms with Crippen molar-refractivity contribution in [1.29, 1.82) is 0 Å². The summed E-state index contributed by atoms with van der Waals surface area (Å²) in [7, 11) is 0. The molecule has 0 radical (unpaired) electrons. The van der Waals surface area contributed by atoms with Crippen molar-refractivity contribution in [3.63, 3.8) is 0 Å². The van der Waals surface area contributed by atoms with E-state index in [9.17, 15) is 10.1 Å². The van der Waals surface area contributed by atoms with Gasteiger partial charge in [0.05, 0.1) is 30.8 Å². The molecule has 1 unspecified atom stereocenters. The molecule has 104 valence electrons. The molecule has 1 aromatic carbocycles. The van der Waals surface area contributed by atoms with E-state index >= 15 is 0 Å².